The molecule has 0 aliphatic carbocycles. The number of sulfonamides is 1. The fraction of sp³-hybridized carbons (Fsp3) is 0.667. The fourth-order valence-corrected chi connectivity index (χ4v) is 4.58. The van der Waals surface area contributed by atoms with Crippen molar-refractivity contribution in [2.75, 3.05) is 13.1 Å². The van der Waals surface area contributed by atoms with E-state index in [1.165, 1.54) is 4.90 Å². The number of ether oxygens (including phenoxy) is 1. The number of benzene rings is 1. The number of amides is 1. The third-order valence-corrected chi connectivity index (χ3v) is 7.44. The Morgan fingerprint density at radius 3 is 2.23 bits per heavy atom. The molecule has 1 N–H and O–H groups in total. The van der Waals surface area contributed by atoms with E-state index in [1.54, 1.807) is 39.0 Å². The van der Waals surface area contributed by atoms with Gasteiger partial charge in [-0.05, 0) is 73.0 Å². The SMILES string of the molecule is Cc1ccc(S(=O)(=O)NC2CN(C(=O)OC(C)(C)C)C2)cc1B1OC(C)(C)C(C)(C)O1. The molecule has 0 radical (unpaired) electrons. The molecule has 0 aromatic heterocycles. The summed E-state index contributed by atoms with van der Waals surface area (Å²) in [7, 11) is -4.42. The number of hydrogen-bond acceptors (Lipinski definition) is 6. The Morgan fingerprint density at radius 1 is 1.16 bits per heavy atom. The van der Waals surface area contributed by atoms with Crippen molar-refractivity contribution < 1.29 is 27.3 Å². The van der Waals surface area contributed by atoms with E-state index in [1.807, 2.05) is 34.6 Å². The van der Waals surface area contributed by atoms with Crippen LogP contribution in [0.25, 0.3) is 0 Å². The topological polar surface area (TPSA) is 94.2 Å². The van der Waals surface area contributed by atoms with Gasteiger partial charge in [0.2, 0.25) is 10.0 Å². The second kappa shape index (κ2) is 7.76. The summed E-state index contributed by atoms with van der Waals surface area (Å²) in [6.45, 7) is 15.6. The molecule has 2 heterocycles. The maximum atomic E-state index is 12.9. The summed E-state index contributed by atoms with van der Waals surface area (Å²) in [5.74, 6) is 0. The lowest BCUT2D eigenvalue weighted by Crippen LogP contribution is -2.61. The van der Waals surface area contributed by atoms with Crippen molar-refractivity contribution in [3.05, 3.63) is 23.8 Å². The van der Waals surface area contributed by atoms with Crippen LogP contribution in [0.15, 0.2) is 23.1 Å². The molecule has 0 saturated carbocycles. The number of carbonyl (C=O) groups excluding carboxylic acids is 1. The Kier molecular flexibility index (Phi) is 6.01. The molecular formula is C21H33BN2O6S. The van der Waals surface area contributed by atoms with E-state index in [0.717, 1.165) is 5.56 Å². The summed E-state index contributed by atoms with van der Waals surface area (Å²) in [4.78, 5) is 13.7. The molecule has 2 aliphatic heterocycles. The highest BCUT2D eigenvalue weighted by Gasteiger charge is 2.52. The van der Waals surface area contributed by atoms with Crippen LogP contribution in [0.2, 0.25) is 0 Å². The minimum atomic E-state index is -3.77. The highest BCUT2D eigenvalue weighted by molar-refractivity contribution is 7.89. The Bertz CT molecular complexity index is 949. The molecule has 0 bridgehead atoms. The average Bonchev–Trinajstić information content (AvgIpc) is 2.76. The maximum absolute atomic E-state index is 12.9. The van der Waals surface area contributed by atoms with Gasteiger partial charge in [0, 0.05) is 13.1 Å². The lowest BCUT2D eigenvalue weighted by Gasteiger charge is -2.39. The van der Waals surface area contributed by atoms with Crippen molar-refractivity contribution in [3.8, 4) is 0 Å². The van der Waals surface area contributed by atoms with E-state index in [2.05, 4.69) is 4.72 Å². The largest absolute Gasteiger partial charge is 0.495 e. The number of hydrogen-bond donors (Lipinski definition) is 1. The van der Waals surface area contributed by atoms with Crippen LogP contribution in [-0.4, -0.2) is 62.5 Å². The summed E-state index contributed by atoms with van der Waals surface area (Å²) >= 11 is 0. The van der Waals surface area contributed by atoms with Gasteiger partial charge in [-0.1, -0.05) is 11.6 Å². The van der Waals surface area contributed by atoms with Gasteiger partial charge in [-0.25, -0.2) is 17.9 Å². The second-order valence-corrected chi connectivity index (χ2v) is 12.0. The molecule has 0 unspecified atom stereocenters. The summed E-state index contributed by atoms with van der Waals surface area (Å²) < 4.78 is 46.1. The summed E-state index contributed by atoms with van der Waals surface area (Å²) in [6, 6.07) is 4.56. The van der Waals surface area contributed by atoms with Crippen LogP contribution in [-0.2, 0) is 24.1 Å². The predicted molar refractivity (Wildman–Crippen MR) is 119 cm³/mol. The minimum absolute atomic E-state index is 0.138. The zero-order chi connectivity index (χ0) is 23.4. The van der Waals surface area contributed by atoms with Gasteiger partial charge < -0.3 is 18.9 Å². The van der Waals surface area contributed by atoms with Gasteiger partial charge >= 0.3 is 13.2 Å². The molecule has 172 valence electrons. The number of nitrogens with one attached hydrogen (secondary N) is 1. The Hall–Kier alpha value is -1.62. The molecular weight excluding hydrogens is 419 g/mol. The van der Waals surface area contributed by atoms with Crippen molar-refractivity contribution in [1.82, 2.24) is 9.62 Å². The van der Waals surface area contributed by atoms with E-state index < -0.39 is 40.0 Å². The van der Waals surface area contributed by atoms with E-state index in [0.29, 0.717) is 5.46 Å². The molecule has 0 atom stereocenters. The Balaban J connectivity index is 1.70. The van der Waals surface area contributed by atoms with Gasteiger partial charge in [0.15, 0.2) is 0 Å². The number of carbonyl (C=O) groups is 1. The van der Waals surface area contributed by atoms with Crippen molar-refractivity contribution in [2.24, 2.45) is 0 Å². The van der Waals surface area contributed by atoms with Crippen molar-refractivity contribution >= 4 is 28.7 Å². The van der Waals surface area contributed by atoms with Gasteiger partial charge in [-0.15, -0.1) is 0 Å². The molecule has 10 heteroatoms. The fourth-order valence-electron chi connectivity index (χ4n) is 3.33. The zero-order valence-electron chi connectivity index (χ0n) is 19.6. The first-order valence-corrected chi connectivity index (χ1v) is 12.0. The van der Waals surface area contributed by atoms with E-state index >= 15 is 0 Å². The predicted octanol–water partition coefficient (Wildman–Crippen LogP) is 2.19. The number of likely N-dealkylation sites (tertiary alicyclic amines) is 1. The number of nitrogens with zero attached hydrogens (tertiary/aromatic N) is 1. The third kappa shape index (κ3) is 5.08. The summed E-state index contributed by atoms with van der Waals surface area (Å²) in [6.07, 6.45) is -0.443. The lowest BCUT2D eigenvalue weighted by molar-refractivity contribution is 0.00578. The monoisotopic (exact) mass is 452 g/mol. The molecule has 2 saturated heterocycles. The summed E-state index contributed by atoms with van der Waals surface area (Å²) in [5, 5.41) is 0. The van der Waals surface area contributed by atoms with Gasteiger partial charge in [0.25, 0.3) is 0 Å². The molecule has 1 aromatic rings. The van der Waals surface area contributed by atoms with Crippen molar-refractivity contribution in [1.29, 1.82) is 0 Å². The zero-order valence-corrected chi connectivity index (χ0v) is 20.4. The first-order valence-electron chi connectivity index (χ1n) is 10.5. The van der Waals surface area contributed by atoms with E-state index in [-0.39, 0.29) is 24.0 Å². The molecule has 2 aliphatic rings. The van der Waals surface area contributed by atoms with Crippen LogP contribution in [0.3, 0.4) is 0 Å². The maximum Gasteiger partial charge on any atom is 0.495 e. The summed E-state index contributed by atoms with van der Waals surface area (Å²) in [5.41, 5.74) is -0.0570. The minimum Gasteiger partial charge on any atom is -0.444 e. The van der Waals surface area contributed by atoms with Crippen LogP contribution in [0.4, 0.5) is 4.79 Å². The molecule has 1 aromatic carbocycles. The van der Waals surface area contributed by atoms with Crippen LogP contribution < -0.4 is 10.2 Å². The van der Waals surface area contributed by atoms with Crippen LogP contribution in [0, 0.1) is 6.92 Å². The quantitative estimate of drug-likeness (QED) is 0.704. The molecule has 0 spiro atoms. The molecule has 31 heavy (non-hydrogen) atoms. The molecule has 2 fully saturated rings. The number of rotatable bonds is 4. The van der Waals surface area contributed by atoms with Crippen molar-refractivity contribution in [2.45, 2.75) is 83.1 Å². The van der Waals surface area contributed by atoms with Gasteiger partial charge in [0.05, 0.1) is 22.1 Å². The Labute approximate surface area is 185 Å². The standard InChI is InChI=1S/C21H33BN2O6S/c1-14-9-10-16(11-17(14)22-29-20(5,6)21(7,8)30-22)31(26,27)23-15-12-24(13-15)18(25)28-19(2,3)4/h9-11,15,23H,12-13H2,1-8H3. The van der Waals surface area contributed by atoms with Crippen LogP contribution in [0.5, 0.6) is 0 Å². The molecule has 3 rings (SSSR count). The van der Waals surface area contributed by atoms with Gasteiger partial charge in [-0.3, -0.25) is 0 Å². The normalized spacial score (nSPS) is 21.2. The van der Waals surface area contributed by atoms with Crippen LogP contribution >= 0.6 is 0 Å². The molecule has 8 nitrogen and oxygen atoms in total. The van der Waals surface area contributed by atoms with Crippen molar-refractivity contribution in [3.63, 3.8) is 0 Å². The lowest BCUT2D eigenvalue weighted by atomic mass is 9.76. The first-order chi connectivity index (χ1) is 14.0. The van der Waals surface area contributed by atoms with E-state index in [9.17, 15) is 13.2 Å². The smallest absolute Gasteiger partial charge is 0.444 e. The molecule has 1 amide bonds. The third-order valence-electron chi connectivity index (χ3n) is 5.92. The second-order valence-electron chi connectivity index (χ2n) is 10.3. The van der Waals surface area contributed by atoms with E-state index in [4.69, 9.17) is 14.0 Å². The van der Waals surface area contributed by atoms with Gasteiger partial charge in [-0.2, -0.15) is 0 Å². The first kappa shape index (κ1) is 24.0. The average molecular weight is 452 g/mol. The van der Waals surface area contributed by atoms with Gasteiger partial charge in [0.1, 0.15) is 5.60 Å². The van der Waals surface area contributed by atoms with Crippen LogP contribution in [0.1, 0.15) is 54.0 Å². The highest BCUT2D eigenvalue weighted by atomic mass is 32.2. The Morgan fingerprint density at radius 2 is 1.71 bits per heavy atom. The number of aryl methyl sites for hydroxylation is 1. The highest BCUT2D eigenvalue weighted by Crippen LogP contribution is 2.36.